The van der Waals surface area contributed by atoms with E-state index in [1.807, 2.05) is 18.2 Å². The molecule has 0 fully saturated rings. The smallest absolute Gasteiger partial charge is 0.191 e. The van der Waals surface area contributed by atoms with Gasteiger partial charge in [0.15, 0.2) is 5.96 Å². The van der Waals surface area contributed by atoms with Crippen LogP contribution in [0.2, 0.25) is 5.02 Å². The van der Waals surface area contributed by atoms with E-state index in [0.29, 0.717) is 6.04 Å². The molecule has 0 bridgehead atoms. The van der Waals surface area contributed by atoms with Gasteiger partial charge in [0.1, 0.15) is 0 Å². The van der Waals surface area contributed by atoms with Crippen molar-refractivity contribution >= 4 is 17.6 Å². The van der Waals surface area contributed by atoms with E-state index in [2.05, 4.69) is 47.5 Å². The first kappa shape index (κ1) is 17.8. The fraction of sp³-hybridized carbons (Fsp3) is 0.562. The Morgan fingerprint density at radius 1 is 1.29 bits per heavy atom. The van der Waals surface area contributed by atoms with E-state index in [1.54, 1.807) is 7.05 Å². The summed E-state index contributed by atoms with van der Waals surface area (Å²) in [4.78, 5) is 6.53. The zero-order chi connectivity index (χ0) is 15.7. The second-order valence-corrected chi connectivity index (χ2v) is 5.82. The first-order valence-electron chi connectivity index (χ1n) is 7.42. The molecule has 0 amide bonds. The first-order valence-corrected chi connectivity index (χ1v) is 7.80. The van der Waals surface area contributed by atoms with Crippen molar-refractivity contribution in [1.29, 1.82) is 0 Å². The number of halogens is 1. The van der Waals surface area contributed by atoms with Crippen LogP contribution in [0.25, 0.3) is 0 Å². The molecule has 4 nitrogen and oxygen atoms in total. The van der Waals surface area contributed by atoms with Gasteiger partial charge in [0.05, 0.1) is 0 Å². The Morgan fingerprint density at radius 3 is 2.62 bits per heavy atom. The Hall–Kier alpha value is -1.26. The Balaban J connectivity index is 2.25. The van der Waals surface area contributed by atoms with Crippen molar-refractivity contribution in [3.63, 3.8) is 0 Å². The predicted molar refractivity (Wildman–Crippen MR) is 92.3 cm³/mol. The zero-order valence-corrected chi connectivity index (χ0v) is 14.2. The van der Waals surface area contributed by atoms with Crippen LogP contribution in [-0.4, -0.2) is 50.6 Å². The SMILES string of the molecule is CN=C(NCCc1cccc(Cl)c1)NCCN(C)C(C)C. The predicted octanol–water partition coefficient (Wildman–Crippen LogP) is 2.39. The van der Waals surface area contributed by atoms with Gasteiger partial charge in [-0.15, -0.1) is 0 Å². The largest absolute Gasteiger partial charge is 0.356 e. The van der Waals surface area contributed by atoms with Crippen molar-refractivity contribution in [2.45, 2.75) is 26.3 Å². The van der Waals surface area contributed by atoms with E-state index in [9.17, 15) is 0 Å². The quantitative estimate of drug-likeness (QED) is 0.600. The Labute approximate surface area is 133 Å². The molecule has 0 aliphatic heterocycles. The maximum Gasteiger partial charge on any atom is 0.191 e. The summed E-state index contributed by atoms with van der Waals surface area (Å²) in [5.74, 6) is 0.842. The summed E-state index contributed by atoms with van der Waals surface area (Å²) >= 11 is 5.98. The summed E-state index contributed by atoms with van der Waals surface area (Å²) in [6, 6.07) is 8.51. The molecule has 0 atom stereocenters. The molecule has 2 N–H and O–H groups in total. The van der Waals surface area contributed by atoms with Crippen molar-refractivity contribution < 1.29 is 0 Å². The van der Waals surface area contributed by atoms with E-state index in [0.717, 1.165) is 37.0 Å². The molecule has 21 heavy (non-hydrogen) atoms. The third-order valence-corrected chi connectivity index (χ3v) is 3.69. The van der Waals surface area contributed by atoms with Crippen LogP contribution in [-0.2, 0) is 6.42 Å². The van der Waals surface area contributed by atoms with Crippen LogP contribution in [0.4, 0.5) is 0 Å². The summed E-state index contributed by atoms with van der Waals surface area (Å²) < 4.78 is 0. The molecule has 0 radical (unpaired) electrons. The van der Waals surface area contributed by atoms with E-state index in [4.69, 9.17) is 11.6 Å². The highest BCUT2D eigenvalue weighted by molar-refractivity contribution is 6.30. The van der Waals surface area contributed by atoms with Gasteiger partial charge in [-0.05, 0) is 45.0 Å². The molecule has 0 unspecified atom stereocenters. The Morgan fingerprint density at radius 2 is 2.00 bits per heavy atom. The third-order valence-electron chi connectivity index (χ3n) is 3.46. The van der Waals surface area contributed by atoms with Gasteiger partial charge in [-0.25, -0.2) is 0 Å². The van der Waals surface area contributed by atoms with Crippen molar-refractivity contribution in [1.82, 2.24) is 15.5 Å². The van der Waals surface area contributed by atoms with E-state index >= 15 is 0 Å². The van der Waals surface area contributed by atoms with Gasteiger partial charge in [0.2, 0.25) is 0 Å². The fourth-order valence-corrected chi connectivity index (χ4v) is 2.06. The van der Waals surface area contributed by atoms with Crippen LogP contribution >= 0.6 is 11.6 Å². The van der Waals surface area contributed by atoms with Crippen LogP contribution in [0.1, 0.15) is 19.4 Å². The van der Waals surface area contributed by atoms with Crippen LogP contribution in [0.3, 0.4) is 0 Å². The van der Waals surface area contributed by atoms with Crippen molar-refractivity contribution in [3.8, 4) is 0 Å². The van der Waals surface area contributed by atoms with Crippen molar-refractivity contribution in [2.24, 2.45) is 4.99 Å². The number of likely N-dealkylation sites (N-methyl/N-ethyl adjacent to an activating group) is 1. The van der Waals surface area contributed by atoms with Crippen LogP contribution < -0.4 is 10.6 Å². The average molecular weight is 311 g/mol. The van der Waals surface area contributed by atoms with Gasteiger partial charge < -0.3 is 15.5 Å². The maximum absolute atomic E-state index is 5.98. The van der Waals surface area contributed by atoms with Gasteiger partial charge in [0.25, 0.3) is 0 Å². The molecule has 0 saturated carbocycles. The Kier molecular flexibility index (Phi) is 8.16. The normalized spacial score (nSPS) is 12.0. The molecule has 0 aliphatic carbocycles. The Bertz CT molecular complexity index is 446. The third kappa shape index (κ3) is 7.34. The van der Waals surface area contributed by atoms with E-state index in [1.165, 1.54) is 5.56 Å². The van der Waals surface area contributed by atoms with E-state index in [-0.39, 0.29) is 0 Å². The van der Waals surface area contributed by atoms with Gasteiger partial charge in [-0.3, -0.25) is 4.99 Å². The van der Waals surface area contributed by atoms with Gasteiger partial charge in [-0.1, -0.05) is 23.7 Å². The molecule has 0 spiro atoms. The minimum Gasteiger partial charge on any atom is -0.356 e. The van der Waals surface area contributed by atoms with E-state index < -0.39 is 0 Å². The maximum atomic E-state index is 5.98. The van der Waals surface area contributed by atoms with Crippen LogP contribution in [0.5, 0.6) is 0 Å². The molecule has 1 aromatic rings. The lowest BCUT2D eigenvalue weighted by molar-refractivity contribution is 0.278. The molecule has 0 heterocycles. The number of rotatable bonds is 7. The highest BCUT2D eigenvalue weighted by Gasteiger charge is 2.03. The molecular formula is C16H27ClN4. The number of nitrogens with zero attached hydrogens (tertiary/aromatic N) is 2. The lowest BCUT2D eigenvalue weighted by atomic mass is 10.1. The number of hydrogen-bond acceptors (Lipinski definition) is 2. The van der Waals surface area contributed by atoms with Gasteiger partial charge in [-0.2, -0.15) is 0 Å². The van der Waals surface area contributed by atoms with Crippen LogP contribution in [0.15, 0.2) is 29.3 Å². The molecule has 0 saturated heterocycles. The minimum atomic E-state index is 0.560. The summed E-state index contributed by atoms with van der Waals surface area (Å²) in [5.41, 5.74) is 1.23. The number of nitrogens with one attached hydrogen (secondary N) is 2. The van der Waals surface area contributed by atoms with Gasteiger partial charge >= 0.3 is 0 Å². The monoisotopic (exact) mass is 310 g/mol. The second-order valence-electron chi connectivity index (χ2n) is 5.38. The number of guanidine groups is 1. The lowest BCUT2D eigenvalue weighted by Crippen LogP contribution is -2.42. The zero-order valence-electron chi connectivity index (χ0n) is 13.5. The minimum absolute atomic E-state index is 0.560. The number of benzene rings is 1. The second kappa shape index (κ2) is 9.64. The van der Waals surface area contributed by atoms with Crippen molar-refractivity contribution in [2.75, 3.05) is 33.7 Å². The van der Waals surface area contributed by atoms with Crippen LogP contribution in [0, 0.1) is 0 Å². The highest BCUT2D eigenvalue weighted by atomic mass is 35.5. The molecule has 0 aliphatic rings. The average Bonchev–Trinajstić information content (AvgIpc) is 2.45. The highest BCUT2D eigenvalue weighted by Crippen LogP contribution is 2.10. The fourth-order valence-electron chi connectivity index (χ4n) is 1.85. The molecule has 5 heteroatoms. The van der Waals surface area contributed by atoms with Crippen molar-refractivity contribution in [3.05, 3.63) is 34.9 Å². The molecule has 1 rings (SSSR count). The molecular weight excluding hydrogens is 284 g/mol. The molecule has 0 aromatic heterocycles. The lowest BCUT2D eigenvalue weighted by Gasteiger charge is -2.21. The molecule has 118 valence electrons. The van der Waals surface area contributed by atoms with Gasteiger partial charge in [0, 0.05) is 37.7 Å². The summed E-state index contributed by atoms with van der Waals surface area (Å²) in [5, 5.41) is 7.43. The summed E-state index contributed by atoms with van der Waals surface area (Å²) in [6.45, 7) is 7.09. The first-order chi connectivity index (χ1) is 10.0. The number of aliphatic imine (C=N–C) groups is 1. The standard InChI is InChI=1S/C16H27ClN4/c1-13(2)21(4)11-10-20-16(18-3)19-9-8-14-6-5-7-15(17)12-14/h5-7,12-13H,8-11H2,1-4H3,(H2,18,19,20). The summed E-state index contributed by atoms with van der Waals surface area (Å²) in [6.07, 6.45) is 0.924. The molecule has 1 aromatic carbocycles. The topological polar surface area (TPSA) is 39.7 Å². The number of hydrogen-bond donors (Lipinski definition) is 2. The summed E-state index contributed by atoms with van der Waals surface area (Å²) in [7, 11) is 3.92.